The van der Waals surface area contributed by atoms with Gasteiger partial charge in [-0.1, -0.05) is 128 Å². The van der Waals surface area contributed by atoms with Crippen LogP contribution < -0.4 is 10.9 Å². The summed E-state index contributed by atoms with van der Waals surface area (Å²) in [6.45, 7) is 10.4. The van der Waals surface area contributed by atoms with E-state index >= 15 is 0 Å². The number of urea groups is 1. The lowest BCUT2D eigenvalue weighted by molar-refractivity contribution is -0.135. The van der Waals surface area contributed by atoms with Crippen LogP contribution in [0.2, 0.25) is 0 Å². The zero-order valence-corrected chi connectivity index (χ0v) is 42.9. The van der Waals surface area contributed by atoms with Crippen molar-refractivity contribution >= 4 is 39.9 Å². The van der Waals surface area contributed by atoms with Gasteiger partial charge in [0.2, 0.25) is 5.91 Å². The minimum absolute atomic E-state index is 0.0563. The summed E-state index contributed by atoms with van der Waals surface area (Å²) < 4.78 is 12.5. The fraction of sp³-hybridized carbons (Fsp3) is 0.661. The van der Waals surface area contributed by atoms with Gasteiger partial charge in [-0.05, 0) is 99.8 Å². The maximum absolute atomic E-state index is 14.4. The lowest BCUT2D eigenvalue weighted by Gasteiger charge is -2.43. The Balaban J connectivity index is 0.867. The highest BCUT2D eigenvalue weighted by Crippen LogP contribution is 2.29. The normalized spacial score (nSPS) is 17.1. The molecule has 5 heterocycles. The second-order valence-electron chi connectivity index (χ2n) is 20.7. The van der Waals surface area contributed by atoms with Gasteiger partial charge in [-0.15, -0.1) is 0 Å². The first-order valence-corrected chi connectivity index (χ1v) is 27.3. The predicted molar refractivity (Wildman–Crippen MR) is 279 cm³/mol. The van der Waals surface area contributed by atoms with Crippen LogP contribution in [-0.4, -0.2) is 131 Å². The van der Waals surface area contributed by atoms with E-state index in [0.717, 1.165) is 85.7 Å². The minimum atomic E-state index is -0.773. The number of nitrogens with one attached hydrogen (secondary N) is 2. The number of unbranched alkanes of at least 4 members (excludes halogenated alkanes) is 15. The van der Waals surface area contributed by atoms with Gasteiger partial charge in [-0.3, -0.25) is 24.2 Å². The number of pyridine rings is 1. The number of H-pyrrole nitrogens is 1. The van der Waals surface area contributed by atoms with E-state index < -0.39 is 12.2 Å². The van der Waals surface area contributed by atoms with E-state index in [1.165, 1.54) is 88.0 Å². The Kier molecular flexibility index (Phi) is 20.8. The highest BCUT2D eigenvalue weighted by Gasteiger charge is 2.34. The van der Waals surface area contributed by atoms with Crippen LogP contribution in [0.3, 0.4) is 0 Å². The van der Waals surface area contributed by atoms with Crippen LogP contribution in [0, 0.1) is 6.92 Å². The molecule has 0 spiro atoms. The van der Waals surface area contributed by atoms with Crippen LogP contribution in [0.4, 0.5) is 9.59 Å². The standard InChI is InChI=1S/C56H84N8O6/c1-4-5-6-7-8-9-10-11-12-13-14-15-16-17-18-21-36-69-56(68)70-42-64-51-23-20-19-22-46(51)40-49(53(64)65)45-24-30-63(31-25-45)55(67)58-50(39-44-37-43(2)52-47(38-44)41-57-59-52)54(66)62-34-32-61(33-35-62)48-26-28-60(3)29-27-48/h19-20,22-23,37-38,40-41,45,48,50H,4-18,21,24-36,39,42H2,1-3H3,(H,57,59)(H,58,67)/t50-/m1/s1. The van der Waals surface area contributed by atoms with Gasteiger partial charge < -0.3 is 29.5 Å². The summed E-state index contributed by atoms with van der Waals surface area (Å²) in [5, 5.41) is 12.3. The predicted octanol–water partition coefficient (Wildman–Crippen LogP) is 10.3. The number of fused-ring (bicyclic) bond motifs is 2. The van der Waals surface area contributed by atoms with Crippen LogP contribution in [0.25, 0.3) is 21.8 Å². The number of nitrogens with zero attached hydrogens (tertiary/aromatic N) is 6. The molecule has 3 fully saturated rings. The van der Waals surface area contributed by atoms with Crippen molar-refractivity contribution in [3.05, 3.63) is 75.7 Å². The van der Waals surface area contributed by atoms with E-state index in [2.05, 4.69) is 51.4 Å². The number of aromatic nitrogens is 3. The fourth-order valence-electron chi connectivity index (χ4n) is 11.1. The number of likely N-dealkylation sites (tertiary alicyclic amines) is 2. The molecular formula is C56H84N8O6. The first-order chi connectivity index (χ1) is 34.2. The van der Waals surface area contributed by atoms with Crippen LogP contribution >= 0.6 is 0 Å². The van der Waals surface area contributed by atoms with Crippen LogP contribution in [0.1, 0.15) is 158 Å². The SMILES string of the molecule is CCCCCCCCCCCCCCCCCCOC(=O)OCn1c(=O)c(C2CCN(C(=O)N[C@H](Cc3cc(C)c4[nH]ncc4c3)C(=O)N3CCN(C4CCN(C)CC4)CC3)CC2)cc2ccccc21. The van der Waals surface area contributed by atoms with Crippen molar-refractivity contribution < 1.29 is 23.9 Å². The van der Waals surface area contributed by atoms with E-state index in [1.807, 2.05) is 42.2 Å². The Labute approximate surface area is 417 Å². The third kappa shape index (κ3) is 15.3. The second kappa shape index (κ2) is 27.6. The minimum Gasteiger partial charge on any atom is -0.434 e. The third-order valence-electron chi connectivity index (χ3n) is 15.5. The van der Waals surface area contributed by atoms with Crippen molar-refractivity contribution in [3.63, 3.8) is 0 Å². The van der Waals surface area contributed by atoms with Crippen molar-refractivity contribution in [2.24, 2.45) is 0 Å². The number of aromatic amines is 1. The Morgan fingerprint density at radius 2 is 1.36 bits per heavy atom. The average Bonchev–Trinajstić information content (AvgIpc) is 3.86. The van der Waals surface area contributed by atoms with Crippen molar-refractivity contribution in [3.8, 4) is 0 Å². The molecule has 70 heavy (non-hydrogen) atoms. The van der Waals surface area contributed by atoms with Gasteiger partial charge in [-0.2, -0.15) is 5.10 Å². The second-order valence-corrected chi connectivity index (χ2v) is 20.7. The lowest BCUT2D eigenvalue weighted by Crippen LogP contribution is -2.59. The smallest absolute Gasteiger partial charge is 0.434 e. The zero-order valence-electron chi connectivity index (χ0n) is 42.9. The number of ether oxygens (including phenoxy) is 2. The molecule has 3 aliphatic heterocycles. The molecule has 2 aromatic heterocycles. The maximum atomic E-state index is 14.4. The number of para-hydroxylation sites is 1. The van der Waals surface area contributed by atoms with Gasteiger partial charge in [-0.25, -0.2) is 9.59 Å². The summed E-state index contributed by atoms with van der Waals surface area (Å²) in [7, 11) is 2.18. The molecule has 0 saturated carbocycles. The number of rotatable bonds is 25. The molecule has 3 saturated heterocycles. The van der Waals surface area contributed by atoms with Gasteiger partial charge in [0.25, 0.3) is 5.56 Å². The number of benzene rings is 2. The molecule has 0 unspecified atom stereocenters. The quantitative estimate of drug-likeness (QED) is 0.0490. The van der Waals surface area contributed by atoms with Crippen molar-refractivity contribution in [1.29, 1.82) is 0 Å². The topological polar surface area (TPSA) is 145 Å². The fourth-order valence-corrected chi connectivity index (χ4v) is 11.1. The Hall–Kier alpha value is -4.95. The Morgan fingerprint density at radius 3 is 2.01 bits per heavy atom. The first-order valence-electron chi connectivity index (χ1n) is 27.3. The van der Waals surface area contributed by atoms with Crippen LogP contribution in [0.15, 0.2) is 53.5 Å². The molecule has 0 radical (unpaired) electrons. The largest absolute Gasteiger partial charge is 0.510 e. The molecule has 7 rings (SSSR count). The van der Waals surface area contributed by atoms with Gasteiger partial charge >= 0.3 is 12.2 Å². The summed E-state index contributed by atoms with van der Waals surface area (Å²) in [5.74, 6) is -0.156. The molecule has 3 amide bonds. The molecule has 1 atom stereocenters. The number of hydrogen-bond donors (Lipinski definition) is 2. The number of hydrogen-bond acceptors (Lipinski definition) is 9. The molecule has 4 aromatic rings. The molecule has 384 valence electrons. The maximum Gasteiger partial charge on any atom is 0.510 e. The molecule has 2 N–H and O–H groups in total. The number of aryl methyl sites for hydroxylation is 1. The molecular weight excluding hydrogens is 881 g/mol. The molecule has 0 aliphatic carbocycles. The van der Waals surface area contributed by atoms with Gasteiger partial charge in [0, 0.05) is 62.7 Å². The molecule has 3 aliphatic rings. The van der Waals surface area contributed by atoms with E-state index in [0.29, 0.717) is 69.2 Å². The summed E-state index contributed by atoms with van der Waals surface area (Å²) in [4.78, 5) is 64.1. The number of piperazine rings is 1. The zero-order chi connectivity index (χ0) is 49.1. The van der Waals surface area contributed by atoms with E-state index in [4.69, 9.17) is 9.47 Å². The number of carbonyl (C=O) groups is 3. The lowest BCUT2D eigenvalue weighted by atomic mass is 9.89. The van der Waals surface area contributed by atoms with Crippen LogP contribution in [-0.2, 0) is 27.4 Å². The molecule has 14 nitrogen and oxygen atoms in total. The Bertz CT molecular complexity index is 2310. The number of carbonyl (C=O) groups excluding carboxylic acids is 3. The van der Waals surface area contributed by atoms with Crippen molar-refractivity contribution in [2.45, 2.75) is 173 Å². The average molecular weight is 965 g/mol. The highest BCUT2D eigenvalue weighted by molar-refractivity contribution is 5.88. The highest BCUT2D eigenvalue weighted by atomic mass is 16.7. The monoisotopic (exact) mass is 965 g/mol. The molecule has 2 aromatic carbocycles. The summed E-state index contributed by atoms with van der Waals surface area (Å²) >= 11 is 0. The van der Waals surface area contributed by atoms with Crippen molar-refractivity contribution in [2.75, 3.05) is 66.0 Å². The first kappa shape index (κ1) is 52.9. The number of piperidine rings is 2. The van der Waals surface area contributed by atoms with E-state index in [-0.39, 0.29) is 30.1 Å². The van der Waals surface area contributed by atoms with Crippen molar-refractivity contribution in [1.82, 2.24) is 39.7 Å². The summed E-state index contributed by atoms with van der Waals surface area (Å²) in [6.07, 6.45) is 25.3. The van der Waals surface area contributed by atoms with Gasteiger partial charge in [0.15, 0.2) is 6.73 Å². The molecule has 0 bridgehead atoms. The Morgan fingerprint density at radius 1 is 0.729 bits per heavy atom. The number of amides is 3. The van der Waals surface area contributed by atoms with Crippen LogP contribution in [0.5, 0.6) is 0 Å². The van der Waals surface area contributed by atoms with E-state index in [1.54, 1.807) is 11.1 Å². The van der Waals surface area contributed by atoms with Gasteiger partial charge in [0.05, 0.1) is 23.8 Å². The van der Waals surface area contributed by atoms with Gasteiger partial charge in [0.1, 0.15) is 6.04 Å². The van der Waals surface area contributed by atoms with E-state index in [9.17, 15) is 19.2 Å². The summed E-state index contributed by atoms with van der Waals surface area (Å²) in [5.41, 5.74) is 4.08. The summed E-state index contributed by atoms with van der Waals surface area (Å²) in [6, 6.07) is 13.2. The molecule has 14 heteroatoms. The third-order valence-corrected chi connectivity index (χ3v) is 15.5.